The lowest BCUT2D eigenvalue weighted by Gasteiger charge is -2.16. The molecule has 1 saturated carbocycles. The average molecular weight is 326 g/mol. The number of nitrogens with one attached hydrogen (secondary N) is 1. The number of rotatable bonds is 4. The Bertz CT molecular complexity index is 505. The highest BCUT2D eigenvalue weighted by molar-refractivity contribution is 9.10. The minimum absolute atomic E-state index is 0.108. The largest absolute Gasteiger partial charge is 0.381 e. The molecule has 0 bridgehead atoms. The first-order valence-corrected chi connectivity index (χ1v) is 7.37. The number of hydrogen-bond acceptors (Lipinski definition) is 4. The number of likely N-dealkylation sites (tertiary alicyclic amines) is 1. The third-order valence-electron chi connectivity index (χ3n) is 3.80. The number of nitrogens with zero attached hydrogens (tertiary/aromatic N) is 2. The first-order chi connectivity index (χ1) is 9.13. The molecule has 1 atom stereocenters. The van der Waals surface area contributed by atoms with Gasteiger partial charge >= 0.3 is 0 Å². The van der Waals surface area contributed by atoms with E-state index in [0.717, 1.165) is 31.2 Å². The third kappa shape index (κ3) is 2.90. The summed E-state index contributed by atoms with van der Waals surface area (Å²) in [4.78, 5) is 12.9. The van der Waals surface area contributed by atoms with E-state index in [1.165, 1.54) is 12.8 Å². The molecule has 2 aliphatic rings. The van der Waals surface area contributed by atoms with E-state index in [1.54, 1.807) is 18.2 Å². The van der Waals surface area contributed by atoms with Crippen molar-refractivity contribution in [3.63, 3.8) is 0 Å². The van der Waals surface area contributed by atoms with Crippen LogP contribution in [0.3, 0.4) is 0 Å². The van der Waals surface area contributed by atoms with Gasteiger partial charge in [-0.05, 0) is 47.3 Å². The third-order valence-corrected chi connectivity index (χ3v) is 4.43. The van der Waals surface area contributed by atoms with Crippen molar-refractivity contribution in [1.29, 1.82) is 0 Å². The van der Waals surface area contributed by atoms with Crippen LogP contribution >= 0.6 is 15.9 Å². The minimum Gasteiger partial charge on any atom is -0.381 e. The molecule has 1 saturated heterocycles. The van der Waals surface area contributed by atoms with Gasteiger partial charge in [0.25, 0.3) is 5.69 Å². The van der Waals surface area contributed by atoms with Crippen LogP contribution in [0.25, 0.3) is 0 Å². The van der Waals surface area contributed by atoms with Crippen molar-refractivity contribution >= 4 is 27.3 Å². The van der Waals surface area contributed by atoms with Crippen molar-refractivity contribution in [2.24, 2.45) is 0 Å². The van der Waals surface area contributed by atoms with Crippen LogP contribution in [0.4, 0.5) is 11.4 Å². The van der Waals surface area contributed by atoms with Crippen LogP contribution in [-0.4, -0.2) is 35.0 Å². The molecule has 19 heavy (non-hydrogen) atoms. The summed E-state index contributed by atoms with van der Waals surface area (Å²) in [5, 5.41) is 14.2. The van der Waals surface area contributed by atoms with Gasteiger partial charge < -0.3 is 5.32 Å². The maximum Gasteiger partial charge on any atom is 0.283 e. The molecule has 5 nitrogen and oxygen atoms in total. The van der Waals surface area contributed by atoms with Crippen molar-refractivity contribution < 1.29 is 4.92 Å². The molecule has 0 spiro atoms. The zero-order valence-electron chi connectivity index (χ0n) is 10.5. The molecule has 1 heterocycles. The fourth-order valence-corrected chi connectivity index (χ4v) is 3.18. The first-order valence-electron chi connectivity index (χ1n) is 6.58. The van der Waals surface area contributed by atoms with Gasteiger partial charge in [0.1, 0.15) is 0 Å². The second-order valence-corrected chi connectivity index (χ2v) is 6.13. The predicted molar refractivity (Wildman–Crippen MR) is 77.4 cm³/mol. The number of hydrogen-bond donors (Lipinski definition) is 1. The van der Waals surface area contributed by atoms with Crippen molar-refractivity contribution in [2.75, 3.05) is 18.4 Å². The van der Waals surface area contributed by atoms with Crippen molar-refractivity contribution in [2.45, 2.75) is 31.3 Å². The number of anilines is 1. The summed E-state index contributed by atoms with van der Waals surface area (Å²) in [6.07, 6.45) is 3.83. The Kier molecular flexibility index (Phi) is 3.45. The van der Waals surface area contributed by atoms with Gasteiger partial charge in [-0.1, -0.05) is 0 Å². The number of nitro groups is 1. The summed E-state index contributed by atoms with van der Waals surface area (Å²) in [5.41, 5.74) is 1.05. The standard InChI is InChI=1S/C13H16BrN3O2/c14-12-7-9(1-4-13(12)17(18)19)15-10-5-6-16(8-10)11-2-3-11/h1,4,7,10-11,15H,2-3,5-6,8H2. The van der Waals surface area contributed by atoms with E-state index >= 15 is 0 Å². The summed E-state index contributed by atoms with van der Waals surface area (Å²) in [6, 6.07) is 6.38. The average Bonchev–Trinajstić information content (AvgIpc) is 3.10. The number of halogens is 1. The Hall–Kier alpha value is -1.14. The molecular weight excluding hydrogens is 310 g/mol. The van der Waals surface area contributed by atoms with E-state index in [1.807, 2.05) is 0 Å². The highest BCUT2D eigenvalue weighted by Gasteiger charge is 2.34. The summed E-state index contributed by atoms with van der Waals surface area (Å²) in [5.74, 6) is 0. The van der Waals surface area contributed by atoms with Crippen molar-refractivity contribution in [1.82, 2.24) is 4.90 Å². The quantitative estimate of drug-likeness (QED) is 0.683. The lowest BCUT2D eigenvalue weighted by molar-refractivity contribution is -0.385. The fraction of sp³-hybridized carbons (Fsp3) is 0.538. The Morgan fingerprint density at radius 1 is 1.37 bits per heavy atom. The molecule has 0 amide bonds. The van der Waals surface area contributed by atoms with Crippen LogP contribution in [0.15, 0.2) is 22.7 Å². The summed E-state index contributed by atoms with van der Waals surface area (Å²) >= 11 is 3.25. The number of nitro benzene ring substituents is 1. The van der Waals surface area contributed by atoms with Gasteiger partial charge in [0.15, 0.2) is 0 Å². The Morgan fingerprint density at radius 2 is 2.16 bits per heavy atom. The highest BCUT2D eigenvalue weighted by atomic mass is 79.9. The predicted octanol–water partition coefficient (Wildman–Crippen LogP) is 3.01. The normalized spacial score (nSPS) is 23.5. The van der Waals surface area contributed by atoms with E-state index in [9.17, 15) is 10.1 Å². The van der Waals surface area contributed by atoms with Gasteiger partial charge in [0, 0.05) is 36.9 Å². The minimum atomic E-state index is -0.377. The van der Waals surface area contributed by atoms with Gasteiger partial charge in [-0.15, -0.1) is 0 Å². The van der Waals surface area contributed by atoms with E-state index in [0.29, 0.717) is 10.5 Å². The molecule has 1 aromatic carbocycles. The maximum absolute atomic E-state index is 10.8. The first kappa shape index (κ1) is 12.9. The molecular formula is C13H16BrN3O2. The van der Waals surface area contributed by atoms with E-state index in [-0.39, 0.29) is 10.6 Å². The van der Waals surface area contributed by atoms with Gasteiger partial charge in [-0.3, -0.25) is 15.0 Å². The molecule has 102 valence electrons. The van der Waals surface area contributed by atoms with Crippen LogP contribution in [0.2, 0.25) is 0 Å². The topological polar surface area (TPSA) is 58.4 Å². The Balaban J connectivity index is 1.63. The molecule has 1 N–H and O–H groups in total. The van der Waals surface area contributed by atoms with Crippen LogP contribution in [0, 0.1) is 10.1 Å². The molecule has 3 rings (SSSR count). The Morgan fingerprint density at radius 3 is 2.79 bits per heavy atom. The van der Waals surface area contributed by atoms with E-state index in [2.05, 4.69) is 26.1 Å². The van der Waals surface area contributed by atoms with Crippen LogP contribution in [0.5, 0.6) is 0 Å². The fourth-order valence-electron chi connectivity index (χ4n) is 2.66. The zero-order valence-corrected chi connectivity index (χ0v) is 12.1. The number of benzene rings is 1. The lowest BCUT2D eigenvalue weighted by atomic mass is 10.2. The second-order valence-electron chi connectivity index (χ2n) is 5.28. The molecule has 0 radical (unpaired) electrons. The van der Waals surface area contributed by atoms with Crippen LogP contribution in [-0.2, 0) is 0 Å². The molecule has 1 aromatic rings. The SMILES string of the molecule is O=[N+]([O-])c1ccc(NC2CCN(C3CC3)C2)cc1Br. The van der Waals surface area contributed by atoms with E-state index in [4.69, 9.17) is 0 Å². The van der Waals surface area contributed by atoms with Gasteiger partial charge in [0.2, 0.25) is 0 Å². The summed E-state index contributed by atoms with van der Waals surface area (Å²) in [7, 11) is 0. The van der Waals surface area contributed by atoms with Crippen molar-refractivity contribution in [3.8, 4) is 0 Å². The zero-order chi connectivity index (χ0) is 13.4. The molecule has 6 heteroatoms. The Labute approximate surface area is 120 Å². The lowest BCUT2D eigenvalue weighted by Crippen LogP contribution is -2.27. The molecule has 1 aliphatic carbocycles. The molecule has 2 fully saturated rings. The smallest absolute Gasteiger partial charge is 0.283 e. The summed E-state index contributed by atoms with van der Waals surface area (Å²) in [6.45, 7) is 2.25. The second kappa shape index (κ2) is 5.09. The van der Waals surface area contributed by atoms with Crippen molar-refractivity contribution in [3.05, 3.63) is 32.8 Å². The molecule has 1 aliphatic heterocycles. The van der Waals surface area contributed by atoms with Crippen LogP contribution < -0.4 is 5.32 Å². The van der Waals surface area contributed by atoms with Gasteiger partial charge in [0.05, 0.1) is 9.40 Å². The van der Waals surface area contributed by atoms with Crippen LogP contribution in [0.1, 0.15) is 19.3 Å². The monoisotopic (exact) mass is 325 g/mol. The van der Waals surface area contributed by atoms with Gasteiger partial charge in [-0.25, -0.2) is 0 Å². The van der Waals surface area contributed by atoms with Gasteiger partial charge in [-0.2, -0.15) is 0 Å². The van der Waals surface area contributed by atoms with E-state index < -0.39 is 0 Å². The summed E-state index contributed by atoms with van der Waals surface area (Å²) < 4.78 is 0.527. The molecule has 1 unspecified atom stereocenters. The highest BCUT2D eigenvalue weighted by Crippen LogP contribution is 2.32. The molecule has 0 aromatic heterocycles. The maximum atomic E-state index is 10.8.